The lowest BCUT2D eigenvalue weighted by molar-refractivity contribution is 0.944. The Morgan fingerprint density at radius 2 is 2.00 bits per heavy atom. The number of halogens is 1. The predicted octanol–water partition coefficient (Wildman–Crippen LogP) is 3.44. The standard InChI is InChI=1S/C12H16ClNS/c13-12-6-4-11(5-7-12)3-1-9-15-10-2-8-14/h1,3-7H,2,8-10,14H2. The third kappa shape index (κ3) is 5.88. The summed E-state index contributed by atoms with van der Waals surface area (Å²) in [7, 11) is 0. The summed E-state index contributed by atoms with van der Waals surface area (Å²) in [5, 5.41) is 0.782. The summed E-state index contributed by atoms with van der Waals surface area (Å²) in [6.07, 6.45) is 5.38. The van der Waals surface area contributed by atoms with Gasteiger partial charge in [0.2, 0.25) is 0 Å². The molecule has 0 saturated heterocycles. The smallest absolute Gasteiger partial charge is 0.0406 e. The van der Waals surface area contributed by atoms with Gasteiger partial charge in [0, 0.05) is 10.8 Å². The number of hydrogen-bond donors (Lipinski definition) is 1. The van der Waals surface area contributed by atoms with Crippen molar-refractivity contribution in [3.05, 3.63) is 40.9 Å². The van der Waals surface area contributed by atoms with Gasteiger partial charge in [-0.15, -0.1) is 0 Å². The zero-order valence-corrected chi connectivity index (χ0v) is 10.2. The molecular weight excluding hydrogens is 226 g/mol. The zero-order chi connectivity index (χ0) is 10.9. The van der Waals surface area contributed by atoms with Gasteiger partial charge in [-0.05, 0) is 36.4 Å². The highest BCUT2D eigenvalue weighted by Crippen LogP contribution is 2.11. The Labute approximate surface area is 101 Å². The zero-order valence-electron chi connectivity index (χ0n) is 8.66. The summed E-state index contributed by atoms with van der Waals surface area (Å²) in [6, 6.07) is 7.85. The Kier molecular flexibility index (Phi) is 6.57. The average Bonchev–Trinajstić information content (AvgIpc) is 2.26. The minimum atomic E-state index is 0.782. The van der Waals surface area contributed by atoms with E-state index in [2.05, 4.69) is 12.2 Å². The van der Waals surface area contributed by atoms with E-state index in [9.17, 15) is 0 Å². The van der Waals surface area contributed by atoms with Crippen molar-refractivity contribution < 1.29 is 0 Å². The molecule has 0 aliphatic heterocycles. The Hall–Kier alpha value is -0.440. The van der Waals surface area contributed by atoms with Gasteiger partial charge in [0.1, 0.15) is 0 Å². The van der Waals surface area contributed by atoms with Crippen LogP contribution in [0.4, 0.5) is 0 Å². The fraction of sp³-hybridized carbons (Fsp3) is 0.333. The van der Waals surface area contributed by atoms with Gasteiger partial charge in [0.25, 0.3) is 0 Å². The Morgan fingerprint density at radius 3 is 2.67 bits per heavy atom. The van der Waals surface area contributed by atoms with Crippen LogP contribution in [0.25, 0.3) is 6.08 Å². The quantitative estimate of drug-likeness (QED) is 0.773. The summed E-state index contributed by atoms with van der Waals surface area (Å²) < 4.78 is 0. The molecule has 0 aliphatic carbocycles. The first-order valence-corrected chi connectivity index (χ1v) is 6.56. The van der Waals surface area contributed by atoms with Gasteiger partial charge in [0.05, 0.1) is 0 Å². The second kappa shape index (κ2) is 7.80. The van der Waals surface area contributed by atoms with E-state index in [1.54, 1.807) is 0 Å². The molecule has 0 saturated carbocycles. The summed E-state index contributed by atoms with van der Waals surface area (Å²) >= 11 is 7.70. The normalized spacial score (nSPS) is 11.1. The molecule has 15 heavy (non-hydrogen) atoms. The molecule has 0 radical (unpaired) electrons. The Balaban J connectivity index is 2.23. The predicted molar refractivity (Wildman–Crippen MR) is 71.5 cm³/mol. The van der Waals surface area contributed by atoms with Crippen molar-refractivity contribution in [2.75, 3.05) is 18.1 Å². The van der Waals surface area contributed by atoms with Crippen LogP contribution in [0.2, 0.25) is 5.02 Å². The van der Waals surface area contributed by atoms with Crippen molar-refractivity contribution in [3.63, 3.8) is 0 Å². The van der Waals surface area contributed by atoms with E-state index < -0.39 is 0 Å². The van der Waals surface area contributed by atoms with Gasteiger partial charge in [0.15, 0.2) is 0 Å². The lowest BCUT2D eigenvalue weighted by Crippen LogP contribution is -1.99. The molecule has 0 spiro atoms. The van der Waals surface area contributed by atoms with Gasteiger partial charge < -0.3 is 5.73 Å². The lowest BCUT2D eigenvalue weighted by atomic mass is 10.2. The molecule has 0 amide bonds. The van der Waals surface area contributed by atoms with Crippen LogP contribution in [0, 0.1) is 0 Å². The van der Waals surface area contributed by atoms with Gasteiger partial charge in [-0.3, -0.25) is 0 Å². The minimum absolute atomic E-state index is 0.782. The van der Waals surface area contributed by atoms with E-state index in [1.165, 1.54) is 5.56 Å². The summed E-state index contributed by atoms with van der Waals surface area (Å²) in [5.41, 5.74) is 6.60. The van der Waals surface area contributed by atoms with Crippen molar-refractivity contribution >= 4 is 29.4 Å². The Morgan fingerprint density at radius 1 is 1.27 bits per heavy atom. The minimum Gasteiger partial charge on any atom is -0.330 e. The Bertz CT molecular complexity index is 295. The molecule has 1 aromatic rings. The molecule has 0 aliphatic rings. The van der Waals surface area contributed by atoms with Gasteiger partial charge in [-0.1, -0.05) is 35.9 Å². The van der Waals surface area contributed by atoms with Crippen molar-refractivity contribution in [2.45, 2.75) is 6.42 Å². The fourth-order valence-corrected chi connectivity index (χ4v) is 1.99. The molecule has 0 unspecified atom stereocenters. The maximum absolute atomic E-state index is 5.79. The first-order valence-electron chi connectivity index (χ1n) is 5.03. The molecule has 0 fully saturated rings. The fourth-order valence-electron chi connectivity index (χ4n) is 1.09. The van der Waals surface area contributed by atoms with Crippen LogP contribution in [0.3, 0.4) is 0 Å². The molecule has 1 rings (SSSR count). The van der Waals surface area contributed by atoms with Crippen molar-refractivity contribution in [1.29, 1.82) is 0 Å². The van der Waals surface area contributed by atoms with Crippen LogP contribution in [0.5, 0.6) is 0 Å². The number of hydrogen-bond acceptors (Lipinski definition) is 2. The third-order valence-corrected chi connectivity index (χ3v) is 3.14. The van der Waals surface area contributed by atoms with Crippen molar-refractivity contribution in [3.8, 4) is 0 Å². The van der Waals surface area contributed by atoms with Gasteiger partial charge in [-0.2, -0.15) is 11.8 Å². The van der Waals surface area contributed by atoms with E-state index >= 15 is 0 Å². The van der Waals surface area contributed by atoms with Crippen molar-refractivity contribution in [1.82, 2.24) is 0 Å². The SMILES string of the molecule is NCCCSCC=Cc1ccc(Cl)cc1. The highest BCUT2D eigenvalue weighted by atomic mass is 35.5. The summed E-state index contributed by atoms with van der Waals surface area (Å²) in [4.78, 5) is 0. The topological polar surface area (TPSA) is 26.0 Å². The molecule has 1 aromatic carbocycles. The second-order valence-electron chi connectivity index (χ2n) is 3.17. The molecule has 82 valence electrons. The molecule has 0 aromatic heterocycles. The third-order valence-electron chi connectivity index (χ3n) is 1.89. The van der Waals surface area contributed by atoms with Crippen LogP contribution in [-0.4, -0.2) is 18.1 Å². The largest absolute Gasteiger partial charge is 0.330 e. The first-order chi connectivity index (χ1) is 7.33. The average molecular weight is 242 g/mol. The maximum Gasteiger partial charge on any atom is 0.0406 e. The molecule has 3 heteroatoms. The number of thioether (sulfide) groups is 1. The summed E-state index contributed by atoms with van der Waals surface area (Å²) in [6.45, 7) is 0.786. The molecule has 0 atom stereocenters. The first kappa shape index (κ1) is 12.6. The molecule has 0 bridgehead atoms. The number of benzene rings is 1. The molecule has 0 heterocycles. The maximum atomic E-state index is 5.79. The van der Waals surface area contributed by atoms with Crippen LogP contribution in [0.15, 0.2) is 30.3 Å². The summed E-state index contributed by atoms with van der Waals surface area (Å²) in [5.74, 6) is 2.18. The van der Waals surface area contributed by atoms with E-state index in [-0.39, 0.29) is 0 Å². The number of rotatable bonds is 6. The van der Waals surface area contributed by atoms with Crippen LogP contribution >= 0.6 is 23.4 Å². The van der Waals surface area contributed by atoms with E-state index in [0.29, 0.717) is 0 Å². The second-order valence-corrected chi connectivity index (χ2v) is 4.76. The van der Waals surface area contributed by atoms with E-state index in [0.717, 1.165) is 29.5 Å². The van der Waals surface area contributed by atoms with Crippen molar-refractivity contribution in [2.24, 2.45) is 5.73 Å². The van der Waals surface area contributed by atoms with E-state index in [4.69, 9.17) is 17.3 Å². The highest BCUT2D eigenvalue weighted by Gasteiger charge is 1.88. The molecule has 2 N–H and O–H groups in total. The van der Waals surface area contributed by atoms with Crippen LogP contribution < -0.4 is 5.73 Å². The van der Waals surface area contributed by atoms with Crippen LogP contribution in [-0.2, 0) is 0 Å². The lowest BCUT2D eigenvalue weighted by Gasteiger charge is -1.95. The highest BCUT2D eigenvalue weighted by molar-refractivity contribution is 7.99. The molecular formula is C12H16ClNS. The van der Waals surface area contributed by atoms with Gasteiger partial charge >= 0.3 is 0 Å². The molecule has 1 nitrogen and oxygen atoms in total. The monoisotopic (exact) mass is 241 g/mol. The number of nitrogens with two attached hydrogens (primary N) is 1. The van der Waals surface area contributed by atoms with Crippen LogP contribution in [0.1, 0.15) is 12.0 Å². The van der Waals surface area contributed by atoms with Gasteiger partial charge in [-0.25, -0.2) is 0 Å². The van der Waals surface area contributed by atoms with E-state index in [1.807, 2.05) is 36.0 Å².